The van der Waals surface area contributed by atoms with Gasteiger partial charge in [0.15, 0.2) is 0 Å². The summed E-state index contributed by atoms with van der Waals surface area (Å²) in [5.41, 5.74) is 1.33. The summed E-state index contributed by atoms with van der Waals surface area (Å²) in [7, 11) is 1.67. The Bertz CT molecular complexity index is 545. The number of para-hydroxylation sites is 1. The van der Waals surface area contributed by atoms with Crippen molar-refractivity contribution in [2.75, 3.05) is 13.7 Å². The lowest BCUT2D eigenvalue weighted by molar-refractivity contribution is 0.0685. The van der Waals surface area contributed by atoms with Crippen molar-refractivity contribution < 1.29 is 14.6 Å². The molecule has 0 radical (unpaired) electrons. The molecule has 0 bridgehead atoms. The first kappa shape index (κ1) is 12.6. The predicted octanol–water partition coefficient (Wildman–Crippen LogP) is 2.77. The summed E-state index contributed by atoms with van der Waals surface area (Å²) in [5, 5.41) is 10.2. The van der Waals surface area contributed by atoms with Crippen LogP contribution in [0.2, 0.25) is 0 Å². The molecule has 0 aliphatic carbocycles. The van der Waals surface area contributed by atoms with Gasteiger partial charge in [0.2, 0.25) is 0 Å². The first-order valence-corrected chi connectivity index (χ1v) is 6.04. The fourth-order valence-electron chi connectivity index (χ4n) is 2.14. The van der Waals surface area contributed by atoms with Crippen molar-refractivity contribution >= 4 is 16.9 Å². The maximum absolute atomic E-state index is 11.2. The second-order valence-corrected chi connectivity index (χ2v) is 4.25. The number of carboxylic acids is 1. The van der Waals surface area contributed by atoms with Crippen LogP contribution in [0.3, 0.4) is 0 Å². The van der Waals surface area contributed by atoms with Crippen molar-refractivity contribution in [2.45, 2.75) is 19.4 Å². The van der Waals surface area contributed by atoms with E-state index in [1.807, 2.05) is 28.8 Å². The molecule has 4 heteroatoms. The van der Waals surface area contributed by atoms with Gasteiger partial charge in [0.1, 0.15) is 5.69 Å². The number of fused-ring (bicyclic) bond motifs is 1. The van der Waals surface area contributed by atoms with E-state index in [-0.39, 0.29) is 0 Å². The van der Waals surface area contributed by atoms with Gasteiger partial charge in [-0.1, -0.05) is 18.2 Å². The molecule has 1 N–H and O–H groups in total. The highest BCUT2D eigenvalue weighted by molar-refractivity contribution is 5.94. The average molecular weight is 247 g/mol. The molecule has 96 valence electrons. The Labute approximate surface area is 106 Å². The van der Waals surface area contributed by atoms with Crippen LogP contribution >= 0.6 is 0 Å². The van der Waals surface area contributed by atoms with Crippen molar-refractivity contribution in [1.82, 2.24) is 4.57 Å². The van der Waals surface area contributed by atoms with Crippen molar-refractivity contribution in [3.63, 3.8) is 0 Å². The van der Waals surface area contributed by atoms with Crippen LogP contribution in [0.5, 0.6) is 0 Å². The number of nitrogens with zero attached hydrogens (tertiary/aromatic N) is 1. The zero-order valence-corrected chi connectivity index (χ0v) is 10.4. The van der Waals surface area contributed by atoms with Crippen molar-refractivity contribution in [3.05, 3.63) is 36.0 Å². The smallest absolute Gasteiger partial charge is 0.352 e. The lowest BCUT2D eigenvalue weighted by Gasteiger charge is -2.08. The van der Waals surface area contributed by atoms with Crippen LogP contribution < -0.4 is 0 Å². The number of benzene rings is 1. The lowest BCUT2D eigenvalue weighted by Crippen LogP contribution is -2.09. The maximum Gasteiger partial charge on any atom is 0.352 e. The highest BCUT2D eigenvalue weighted by Crippen LogP contribution is 2.20. The van der Waals surface area contributed by atoms with E-state index in [0.29, 0.717) is 18.8 Å². The average Bonchev–Trinajstić information content (AvgIpc) is 2.74. The number of ether oxygens (including phenoxy) is 1. The minimum absolute atomic E-state index is 0.355. The standard InChI is InChI=1S/C14H17NO3/c1-18-9-5-4-8-15-12-7-3-2-6-11(12)10-13(15)14(16)17/h2-3,6-7,10H,4-5,8-9H2,1H3,(H,16,17). The number of unbranched alkanes of at least 4 members (excludes halogenated alkanes) is 1. The molecule has 1 aromatic heterocycles. The van der Waals surface area contributed by atoms with Gasteiger partial charge < -0.3 is 14.4 Å². The van der Waals surface area contributed by atoms with E-state index in [1.165, 1.54) is 0 Å². The third-order valence-corrected chi connectivity index (χ3v) is 3.01. The van der Waals surface area contributed by atoms with E-state index in [1.54, 1.807) is 13.2 Å². The van der Waals surface area contributed by atoms with Gasteiger partial charge in [0, 0.05) is 31.2 Å². The molecule has 18 heavy (non-hydrogen) atoms. The molecule has 4 nitrogen and oxygen atoms in total. The van der Waals surface area contributed by atoms with Gasteiger partial charge >= 0.3 is 5.97 Å². The van der Waals surface area contributed by atoms with E-state index in [2.05, 4.69) is 0 Å². The molecule has 0 amide bonds. The Kier molecular flexibility index (Phi) is 3.99. The van der Waals surface area contributed by atoms with Gasteiger partial charge in [-0.15, -0.1) is 0 Å². The monoisotopic (exact) mass is 247 g/mol. The van der Waals surface area contributed by atoms with Crippen LogP contribution in [-0.2, 0) is 11.3 Å². The summed E-state index contributed by atoms with van der Waals surface area (Å²) in [5.74, 6) is -0.877. The number of hydrogen-bond donors (Lipinski definition) is 1. The van der Waals surface area contributed by atoms with Crippen LogP contribution in [-0.4, -0.2) is 29.4 Å². The molecule has 0 fully saturated rings. The molecule has 1 aromatic carbocycles. The normalized spacial score (nSPS) is 10.9. The van der Waals surface area contributed by atoms with Gasteiger partial charge in [0.25, 0.3) is 0 Å². The van der Waals surface area contributed by atoms with Crippen molar-refractivity contribution in [1.29, 1.82) is 0 Å². The van der Waals surface area contributed by atoms with E-state index in [0.717, 1.165) is 23.7 Å². The van der Waals surface area contributed by atoms with Gasteiger partial charge in [-0.3, -0.25) is 0 Å². The van der Waals surface area contributed by atoms with E-state index >= 15 is 0 Å². The fourth-order valence-corrected chi connectivity index (χ4v) is 2.14. The molecule has 0 spiro atoms. The fraction of sp³-hybridized carbons (Fsp3) is 0.357. The van der Waals surface area contributed by atoms with Crippen LogP contribution in [0.25, 0.3) is 10.9 Å². The highest BCUT2D eigenvalue weighted by Gasteiger charge is 2.13. The second-order valence-electron chi connectivity index (χ2n) is 4.25. The Balaban J connectivity index is 2.27. The zero-order valence-electron chi connectivity index (χ0n) is 10.4. The number of methoxy groups -OCH3 is 1. The predicted molar refractivity (Wildman–Crippen MR) is 70.0 cm³/mol. The maximum atomic E-state index is 11.2. The number of aryl methyl sites for hydroxylation is 1. The van der Waals surface area contributed by atoms with Crippen LogP contribution in [0.15, 0.2) is 30.3 Å². The number of carbonyl (C=O) groups is 1. The minimum Gasteiger partial charge on any atom is -0.477 e. The largest absolute Gasteiger partial charge is 0.477 e. The molecule has 0 atom stereocenters. The number of aromatic carboxylic acids is 1. The SMILES string of the molecule is COCCCCn1c(C(=O)O)cc2ccccc21. The number of aromatic nitrogens is 1. The van der Waals surface area contributed by atoms with Crippen molar-refractivity contribution in [3.8, 4) is 0 Å². The third-order valence-electron chi connectivity index (χ3n) is 3.01. The van der Waals surface area contributed by atoms with Crippen LogP contribution in [0.1, 0.15) is 23.3 Å². The van der Waals surface area contributed by atoms with E-state index in [4.69, 9.17) is 4.74 Å². The molecule has 2 aromatic rings. The van der Waals surface area contributed by atoms with Crippen molar-refractivity contribution in [2.24, 2.45) is 0 Å². The first-order valence-electron chi connectivity index (χ1n) is 6.04. The molecule has 2 rings (SSSR count). The molecular formula is C14H17NO3. The van der Waals surface area contributed by atoms with Gasteiger partial charge in [0.05, 0.1) is 0 Å². The number of rotatable bonds is 6. The molecule has 1 heterocycles. The Morgan fingerprint density at radius 2 is 2.11 bits per heavy atom. The Hall–Kier alpha value is -1.81. The van der Waals surface area contributed by atoms with Crippen LogP contribution in [0, 0.1) is 0 Å². The summed E-state index contributed by atoms with van der Waals surface area (Å²) in [6.07, 6.45) is 1.84. The third kappa shape index (κ3) is 2.54. The molecule has 0 unspecified atom stereocenters. The second kappa shape index (κ2) is 5.69. The molecule has 0 saturated carbocycles. The minimum atomic E-state index is -0.877. The number of carboxylic acid groups (broad SMARTS) is 1. The molecule has 0 aliphatic heterocycles. The Morgan fingerprint density at radius 1 is 1.33 bits per heavy atom. The van der Waals surface area contributed by atoms with E-state index < -0.39 is 5.97 Å². The zero-order chi connectivity index (χ0) is 13.0. The summed E-state index contributed by atoms with van der Waals surface area (Å²) >= 11 is 0. The van der Waals surface area contributed by atoms with E-state index in [9.17, 15) is 9.90 Å². The summed E-state index contributed by atoms with van der Waals surface area (Å²) in [6, 6.07) is 9.47. The van der Waals surface area contributed by atoms with Crippen LogP contribution in [0.4, 0.5) is 0 Å². The quantitative estimate of drug-likeness (QED) is 0.798. The van der Waals surface area contributed by atoms with Gasteiger partial charge in [-0.05, 0) is 25.0 Å². The number of hydrogen-bond acceptors (Lipinski definition) is 2. The van der Waals surface area contributed by atoms with Gasteiger partial charge in [-0.25, -0.2) is 4.79 Å². The first-order chi connectivity index (χ1) is 8.74. The summed E-state index contributed by atoms with van der Waals surface area (Å²) < 4.78 is 6.87. The molecule has 0 saturated heterocycles. The topological polar surface area (TPSA) is 51.5 Å². The summed E-state index contributed by atoms with van der Waals surface area (Å²) in [6.45, 7) is 1.42. The summed E-state index contributed by atoms with van der Waals surface area (Å²) in [4.78, 5) is 11.2. The molecule has 0 aliphatic rings. The Morgan fingerprint density at radius 3 is 2.83 bits per heavy atom. The highest BCUT2D eigenvalue weighted by atomic mass is 16.5. The van der Waals surface area contributed by atoms with Gasteiger partial charge in [-0.2, -0.15) is 0 Å². The molecular weight excluding hydrogens is 230 g/mol. The lowest BCUT2D eigenvalue weighted by atomic mass is 10.2.